The molecule has 0 spiro atoms. The van der Waals surface area contributed by atoms with Crippen molar-refractivity contribution in [3.63, 3.8) is 0 Å². The van der Waals surface area contributed by atoms with Crippen LogP contribution in [-0.4, -0.2) is 30.6 Å². The first-order chi connectivity index (χ1) is 23.0. The molecule has 1 heterocycles. The zero-order chi connectivity index (χ0) is 33.7. The molecule has 0 bridgehead atoms. The molecule has 48 heavy (non-hydrogen) atoms. The molecule has 3 aromatic rings. The fourth-order valence-electron chi connectivity index (χ4n) is 5.53. The molecular formula is C39H54ClIN2O5. The number of nitrogens with zero attached hydrogens (tertiary/aromatic N) is 2. The van der Waals surface area contributed by atoms with Crippen molar-refractivity contribution in [3.8, 4) is 11.5 Å². The number of pyridine rings is 1. The Labute approximate surface area is 310 Å². The Morgan fingerprint density at radius 3 is 2.08 bits per heavy atom. The molecule has 0 N–H and O–H groups in total. The summed E-state index contributed by atoms with van der Waals surface area (Å²) in [5.74, 6) is 0.496. The second-order valence-corrected chi connectivity index (χ2v) is 12.5. The van der Waals surface area contributed by atoms with E-state index in [1.807, 2.05) is 35.2 Å². The summed E-state index contributed by atoms with van der Waals surface area (Å²) in [5, 5.41) is 0.462. The summed E-state index contributed by atoms with van der Waals surface area (Å²) in [6, 6.07) is 16.0. The number of carbonyl (C=O) groups excluding carboxylic acids is 2. The fraction of sp³-hybridized carbons (Fsp3) is 0.513. The van der Waals surface area contributed by atoms with E-state index in [4.69, 9.17) is 25.8 Å². The number of ether oxygens (including phenoxy) is 3. The lowest BCUT2D eigenvalue weighted by atomic mass is 10.1. The van der Waals surface area contributed by atoms with E-state index in [9.17, 15) is 9.59 Å². The molecule has 0 fully saturated rings. The maximum Gasteiger partial charge on any atom is 0.417 e. The van der Waals surface area contributed by atoms with Gasteiger partial charge in [0.05, 0.1) is 30.8 Å². The van der Waals surface area contributed by atoms with E-state index in [-0.39, 0.29) is 42.7 Å². The van der Waals surface area contributed by atoms with Gasteiger partial charge in [-0.05, 0) is 42.3 Å². The average Bonchev–Trinajstić information content (AvgIpc) is 3.09. The Balaban J connectivity index is 0.00000800. The normalized spacial score (nSPS) is 10.7. The summed E-state index contributed by atoms with van der Waals surface area (Å²) in [7, 11) is 1.50. The van der Waals surface area contributed by atoms with Crippen molar-refractivity contribution in [1.82, 2.24) is 4.90 Å². The molecule has 3 rings (SSSR count). The topological polar surface area (TPSA) is 69.0 Å². The second kappa shape index (κ2) is 24.3. The van der Waals surface area contributed by atoms with Gasteiger partial charge in [0, 0.05) is 18.1 Å². The Morgan fingerprint density at radius 1 is 0.771 bits per heavy atom. The number of hydrogen-bond acceptors (Lipinski definition) is 5. The third-order valence-electron chi connectivity index (χ3n) is 8.16. The number of rotatable bonds is 22. The number of imide groups is 1. The van der Waals surface area contributed by atoms with Crippen molar-refractivity contribution in [2.24, 2.45) is 0 Å². The number of hydrogen-bond donors (Lipinski definition) is 0. The summed E-state index contributed by atoms with van der Waals surface area (Å²) in [6.07, 6.45) is 19.6. The summed E-state index contributed by atoms with van der Waals surface area (Å²) >= 11 is 6.52. The summed E-state index contributed by atoms with van der Waals surface area (Å²) in [4.78, 5) is 28.2. The van der Waals surface area contributed by atoms with Crippen LogP contribution in [0, 0.1) is 0 Å². The number of aromatic nitrogens is 1. The quantitative estimate of drug-likeness (QED) is 0.0617. The Morgan fingerprint density at radius 2 is 1.44 bits per heavy atom. The molecule has 1 aromatic heterocycles. The van der Waals surface area contributed by atoms with E-state index >= 15 is 0 Å². The van der Waals surface area contributed by atoms with Gasteiger partial charge in [-0.3, -0.25) is 4.79 Å². The number of halogens is 2. The predicted molar refractivity (Wildman–Crippen MR) is 188 cm³/mol. The zero-order valence-corrected chi connectivity index (χ0v) is 32.0. The summed E-state index contributed by atoms with van der Waals surface area (Å²) in [5.41, 5.74) is 1.78. The van der Waals surface area contributed by atoms with Crippen molar-refractivity contribution in [2.75, 3.05) is 13.7 Å². The molecule has 0 saturated carbocycles. The lowest BCUT2D eigenvalue weighted by Crippen LogP contribution is -3.00. The molecule has 0 aliphatic carbocycles. The van der Waals surface area contributed by atoms with Crippen LogP contribution in [0.4, 0.5) is 4.79 Å². The van der Waals surface area contributed by atoms with Crippen LogP contribution >= 0.6 is 11.6 Å². The SMILES string of the molecule is CCCCCCCCCCCCCCOc1ccc(COC(=O)N(Cc2ccc[n+](CCC)c2)C(=O)c2ccccc2OC)cc1Cl.[I-]. The average molecular weight is 793 g/mol. The molecule has 0 aliphatic heterocycles. The van der Waals surface area contributed by atoms with Gasteiger partial charge in [-0.25, -0.2) is 14.3 Å². The van der Waals surface area contributed by atoms with E-state index in [0.717, 1.165) is 36.3 Å². The molecule has 2 aromatic carbocycles. The van der Waals surface area contributed by atoms with E-state index in [2.05, 4.69) is 13.8 Å². The van der Waals surface area contributed by atoms with Crippen LogP contribution in [0.25, 0.3) is 0 Å². The summed E-state index contributed by atoms with van der Waals surface area (Å²) < 4.78 is 19.0. The van der Waals surface area contributed by atoms with Gasteiger partial charge in [-0.2, -0.15) is 0 Å². The molecule has 0 unspecified atom stereocenters. The number of amides is 2. The predicted octanol–water partition coefficient (Wildman–Crippen LogP) is 7.11. The van der Waals surface area contributed by atoms with Crippen molar-refractivity contribution in [2.45, 2.75) is 117 Å². The van der Waals surface area contributed by atoms with Gasteiger partial charge in [0.25, 0.3) is 5.91 Å². The third kappa shape index (κ3) is 14.7. The van der Waals surface area contributed by atoms with Crippen LogP contribution in [0.2, 0.25) is 5.02 Å². The smallest absolute Gasteiger partial charge is 0.417 e. The fourth-order valence-corrected chi connectivity index (χ4v) is 5.79. The Kier molecular flexibility index (Phi) is 20.9. The minimum atomic E-state index is -0.754. The molecule has 0 atom stereocenters. The lowest BCUT2D eigenvalue weighted by molar-refractivity contribution is -0.697. The van der Waals surface area contributed by atoms with Crippen LogP contribution in [0.3, 0.4) is 0 Å². The number of methoxy groups -OCH3 is 1. The Bertz CT molecular complexity index is 1370. The van der Waals surface area contributed by atoms with Crippen LogP contribution in [0.1, 0.15) is 119 Å². The first kappa shape index (κ1) is 41.3. The largest absolute Gasteiger partial charge is 1.00 e. The molecule has 0 radical (unpaired) electrons. The van der Waals surface area contributed by atoms with Crippen LogP contribution in [0.15, 0.2) is 67.0 Å². The van der Waals surface area contributed by atoms with Crippen molar-refractivity contribution in [1.29, 1.82) is 0 Å². The molecule has 9 heteroatoms. The van der Waals surface area contributed by atoms with Crippen LogP contribution in [-0.2, 0) is 24.4 Å². The number of unbranched alkanes of at least 4 members (excludes halogenated alkanes) is 11. The maximum atomic E-state index is 13.7. The van der Waals surface area contributed by atoms with Gasteiger partial charge in [-0.1, -0.05) is 114 Å². The van der Waals surface area contributed by atoms with Gasteiger partial charge in [0.15, 0.2) is 12.4 Å². The minimum absolute atomic E-state index is 0. The molecular weight excluding hydrogens is 739 g/mol. The first-order valence-corrected chi connectivity index (χ1v) is 17.8. The zero-order valence-electron chi connectivity index (χ0n) is 29.1. The van der Waals surface area contributed by atoms with E-state index in [1.54, 1.807) is 36.4 Å². The highest BCUT2D eigenvalue weighted by atomic mass is 127. The lowest BCUT2D eigenvalue weighted by Gasteiger charge is -2.21. The number of aryl methyl sites for hydroxylation is 1. The highest BCUT2D eigenvalue weighted by molar-refractivity contribution is 6.32. The molecule has 7 nitrogen and oxygen atoms in total. The van der Waals surface area contributed by atoms with Gasteiger partial charge >= 0.3 is 6.09 Å². The molecule has 2 amide bonds. The number of carbonyl (C=O) groups is 2. The second-order valence-electron chi connectivity index (χ2n) is 12.1. The number of para-hydroxylation sites is 1. The van der Waals surface area contributed by atoms with E-state index in [1.165, 1.54) is 71.3 Å². The van der Waals surface area contributed by atoms with Crippen LogP contribution in [0.5, 0.6) is 11.5 Å². The minimum Gasteiger partial charge on any atom is -1.00 e. The Hall–Kier alpha value is -2.85. The number of benzene rings is 2. The van der Waals surface area contributed by atoms with Crippen molar-refractivity contribution in [3.05, 3.63) is 88.7 Å². The highest BCUT2D eigenvalue weighted by Crippen LogP contribution is 2.27. The highest BCUT2D eigenvalue weighted by Gasteiger charge is 2.28. The maximum absolute atomic E-state index is 13.7. The first-order valence-electron chi connectivity index (χ1n) is 17.5. The molecule has 0 aliphatic rings. The molecule has 0 saturated heterocycles. The third-order valence-corrected chi connectivity index (χ3v) is 8.45. The van der Waals surface area contributed by atoms with Crippen molar-refractivity contribution >= 4 is 23.6 Å². The van der Waals surface area contributed by atoms with Gasteiger partial charge in [0.1, 0.15) is 24.7 Å². The van der Waals surface area contributed by atoms with Crippen LogP contribution < -0.4 is 38.0 Å². The van der Waals surface area contributed by atoms with Gasteiger partial charge in [-0.15, -0.1) is 0 Å². The summed E-state index contributed by atoms with van der Waals surface area (Å²) in [6.45, 7) is 5.81. The van der Waals surface area contributed by atoms with E-state index < -0.39 is 12.0 Å². The van der Waals surface area contributed by atoms with E-state index in [0.29, 0.717) is 28.7 Å². The van der Waals surface area contributed by atoms with Crippen molar-refractivity contribution < 1.29 is 52.3 Å². The monoisotopic (exact) mass is 792 g/mol. The van der Waals surface area contributed by atoms with Gasteiger partial charge < -0.3 is 38.2 Å². The van der Waals surface area contributed by atoms with Gasteiger partial charge in [0.2, 0.25) is 0 Å². The molecule has 264 valence electrons. The standard InChI is InChI=1S/C39H54ClN2O5.HI/c1-4-6-7-8-9-10-11-12-13-14-15-18-27-46-37-24-23-32(28-35(37)40)31-47-39(44)42(30-33-20-19-26-41(29-33)25-5-2)38(43)34-21-16-17-22-36(34)45-3;/h16-17,19-24,26,28-29H,4-15,18,25,27,30-31H2,1-3H3;1H/q+1;/p-1.